The minimum Gasteiger partial charge on any atom is -0.508 e. The van der Waals surface area contributed by atoms with Crippen molar-refractivity contribution in [1.82, 2.24) is 0 Å². The number of rotatable bonds is 8. The number of thiophene rings is 2. The van der Waals surface area contributed by atoms with Crippen molar-refractivity contribution in [3.05, 3.63) is 120 Å². The molecule has 43 heavy (non-hydrogen) atoms. The van der Waals surface area contributed by atoms with Crippen LogP contribution in [0.3, 0.4) is 0 Å². The Morgan fingerprint density at radius 3 is 1.19 bits per heavy atom. The van der Waals surface area contributed by atoms with Crippen molar-refractivity contribution in [3.8, 4) is 64.4 Å². The molecule has 0 amide bonds. The van der Waals surface area contributed by atoms with Gasteiger partial charge in [-0.05, 0) is 142 Å². The summed E-state index contributed by atoms with van der Waals surface area (Å²) >= 11 is 3.62. The second-order valence-corrected chi connectivity index (χ2v) is 13.7. The fraction of sp³-hybridized carbons (Fsp3) is 0.179. The van der Waals surface area contributed by atoms with E-state index in [-0.39, 0.29) is 5.41 Å². The molecule has 0 saturated carbocycles. The minimum absolute atomic E-state index is 0.00568. The predicted octanol–water partition coefficient (Wildman–Crippen LogP) is 11.8. The number of hydrogen-bond acceptors (Lipinski definition) is 4. The van der Waals surface area contributed by atoms with Gasteiger partial charge < -0.3 is 10.2 Å². The first kappa shape index (κ1) is 27.7. The summed E-state index contributed by atoms with van der Waals surface area (Å²) < 4.78 is 0. The van der Waals surface area contributed by atoms with Crippen LogP contribution in [0.2, 0.25) is 0 Å². The van der Waals surface area contributed by atoms with Gasteiger partial charge in [-0.3, -0.25) is 0 Å². The van der Waals surface area contributed by atoms with Crippen LogP contribution in [0.1, 0.15) is 50.7 Å². The molecule has 0 atom stereocenters. The van der Waals surface area contributed by atoms with Gasteiger partial charge in [-0.25, -0.2) is 0 Å². The van der Waals surface area contributed by atoms with E-state index < -0.39 is 0 Å². The number of phenolic OH excluding ortho intramolecular Hbond substituents is 2. The van der Waals surface area contributed by atoms with Crippen molar-refractivity contribution >= 4 is 22.7 Å². The minimum atomic E-state index is -0.00568. The molecule has 1 aliphatic rings. The fourth-order valence-electron chi connectivity index (χ4n) is 6.87. The van der Waals surface area contributed by atoms with Crippen LogP contribution < -0.4 is 0 Å². The van der Waals surface area contributed by atoms with E-state index in [1.54, 1.807) is 24.3 Å². The Hall–Kier alpha value is -4.12. The Morgan fingerprint density at radius 2 is 0.814 bits per heavy atom. The molecule has 6 aromatic rings. The lowest BCUT2D eigenvalue weighted by Crippen LogP contribution is -2.25. The molecule has 0 aliphatic heterocycles. The average molecular weight is 599 g/mol. The number of benzene rings is 4. The maximum atomic E-state index is 9.72. The van der Waals surface area contributed by atoms with Gasteiger partial charge in [-0.2, -0.15) is 0 Å². The smallest absolute Gasteiger partial charge is 0.115 e. The lowest BCUT2D eigenvalue weighted by molar-refractivity contribution is 0.436. The van der Waals surface area contributed by atoms with Crippen LogP contribution >= 0.6 is 22.7 Å². The molecule has 2 aromatic heterocycles. The van der Waals surface area contributed by atoms with Gasteiger partial charge in [0.25, 0.3) is 0 Å². The molecule has 2 heterocycles. The molecule has 0 bridgehead atoms. The van der Waals surface area contributed by atoms with Crippen LogP contribution in [0.25, 0.3) is 52.9 Å². The van der Waals surface area contributed by atoms with Crippen molar-refractivity contribution in [2.75, 3.05) is 0 Å². The molecule has 214 valence electrons. The van der Waals surface area contributed by atoms with Crippen molar-refractivity contribution in [2.24, 2.45) is 0 Å². The number of fused-ring (bicyclic) bond motifs is 3. The second kappa shape index (κ2) is 11.2. The van der Waals surface area contributed by atoms with Crippen LogP contribution in [0, 0.1) is 0 Å². The van der Waals surface area contributed by atoms with Gasteiger partial charge in [-0.15, -0.1) is 22.7 Å². The molecule has 2 N–H and O–H groups in total. The lowest BCUT2D eigenvalue weighted by Gasteiger charge is -2.32. The first-order valence-corrected chi connectivity index (χ1v) is 16.7. The summed E-state index contributed by atoms with van der Waals surface area (Å²) in [7, 11) is 0. The van der Waals surface area contributed by atoms with Gasteiger partial charge in [-0.1, -0.05) is 51.0 Å². The quantitative estimate of drug-likeness (QED) is 0.183. The highest BCUT2D eigenvalue weighted by molar-refractivity contribution is 7.19. The first-order valence-electron chi connectivity index (χ1n) is 15.1. The van der Waals surface area contributed by atoms with Crippen molar-refractivity contribution in [3.63, 3.8) is 0 Å². The maximum Gasteiger partial charge on any atom is 0.115 e. The fourth-order valence-corrected chi connectivity index (χ4v) is 8.88. The summed E-state index contributed by atoms with van der Waals surface area (Å²) in [6.45, 7) is 4.63. The molecule has 0 fully saturated rings. The normalized spacial score (nSPS) is 13.2. The zero-order valence-electron chi connectivity index (χ0n) is 24.4. The Bertz CT molecular complexity index is 1770. The maximum absolute atomic E-state index is 9.72. The molecule has 1 aliphatic carbocycles. The van der Waals surface area contributed by atoms with E-state index in [0.29, 0.717) is 11.5 Å². The third-order valence-electron chi connectivity index (χ3n) is 8.80. The van der Waals surface area contributed by atoms with Gasteiger partial charge in [0.15, 0.2) is 0 Å². The Morgan fingerprint density at radius 1 is 0.465 bits per heavy atom. The Balaban J connectivity index is 1.29. The lowest BCUT2D eigenvalue weighted by atomic mass is 9.71. The van der Waals surface area contributed by atoms with Crippen LogP contribution in [0.4, 0.5) is 0 Å². The van der Waals surface area contributed by atoms with E-state index in [1.165, 1.54) is 52.9 Å². The molecular formula is C39H34O2S2. The molecule has 0 spiro atoms. The van der Waals surface area contributed by atoms with Crippen molar-refractivity contribution in [1.29, 1.82) is 0 Å². The van der Waals surface area contributed by atoms with Crippen molar-refractivity contribution < 1.29 is 10.2 Å². The number of hydrogen-bond donors (Lipinski definition) is 2. The summed E-state index contributed by atoms with van der Waals surface area (Å²) in [6, 6.07) is 38.0. The largest absolute Gasteiger partial charge is 0.508 e. The molecule has 0 unspecified atom stereocenters. The molecule has 2 nitrogen and oxygen atoms in total. The first-order chi connectivity index (χ1) is 21.0. The van der Waals surface area contributed by atoms with Crippen molar-refractivity contribution in [2.45, 2.75) is 44.9 Å². The SMILES string of the molecule is CCCC1(CCC)c2cc(-c3ccc(-c4ccc(O)cc4)s3)ccc2-c2ccc(-c3ccc(-c4ccc(O)cc4)s3)cc21. The van der Waals surface area contributed by atoms with E-state index in [2.05, 4.69) is 74.5 Å². The summed E-state index contributed by atoms with van der Waals surface area (Å²) in [5.74, 6) is 0.587. The summed E-state index contributed by atoms with van der Waals surface area (Å²) in [4.78, 5) is 4.95. The van der Waals surface area contributed by atoms with Gasteiger partial charge >= 0.3 is 0 Å². The highest BCUT2D eigenvalue weighted by Crippen LogP contribution is 2.56. The predicted molar refractivity (Wildman–Crippen MR) is 183 cm³/mol. The van der Waals surface area contributed by atoms with E-state index in [1.807, 2.05) is 46.9 Å². The zero-order valence-corrected chi connectivity index (χ0v) is 26.1. The molecule has 4 heteroatoms. The second-order valence-electron chi connectivity index (χ2n) is 11.5. The summed E-state index contributed by atoms with van der Waals surface area (Å²) in [5.41, 5.74) is 10.5. The number of phenols is 2. The van der Waals surface area contributed by atoms with E-state index in [9.17, 15) is 10.2 Å². The van der Waals surface area contributed by atoms with Crippen LogP contribution in [0.15, 0.2) is 109 Å². The van der Waals surface area contributed by atoms with Crippen LogP contribution in [-0.4, -0.2) is 10.2 Å². The molecular weight excluding hydrogens is 565 g/mol. The molecule has 4 aromatic carbocycles. The van der Waals surface area contributed by atoms with Gasteiger partial charge in [0.2, 0.25) is 0 Å². The highest BCUT2D eigenvalue weighted by atomic mass is 32.1. The highest BCUT2D eigenvalue weighted by Gasteiger charge is 2.42. The number of aromatic hydroxyl groups is 2. The zero-order chi connectivity index (χ0) is 29.6. The van der Waals surface area contributed by atoms with Crippen LogP contribution in [0.5, 0.6) is 11.5 Å². The summed E-state index contributed by atoms with van der Waals surface area (Å²) in [5, 5.41) is 19.4. The average Bonchev–Trinajstić information content (AvgIpc) is 3.77. The molecule has 0 saturated heterocycles. The Labute approximate surface area is 261 Å². The third kappa shape index (κ3) is 4.89. The Kier molecular flexibility index (Phi) is 7.20. The topological polar surface area (TPSA) is 40.5 Å². The van der Waals surface area contributed by atoms with E-state index in [0.717, 1.165) is 36.8 Å². The van der Waals surface area contributed by atoms with Crippen LogP contribution in [-0.2, 0) is 5.41 Å². The van der Waals surface area contributed by atoms with Gasteiger partial charge in [0, 0.05) is 24.9 Å². The van der Waals surface area contributed by atoms with Gasteiger partial charge in [0.1, 0.15) is 11.5 Å². The third-order valence-corrected chi connectivity index (χ3v) is 11.2. The molecule has 0 radical (unpaired) electrons. The standard InChI is InChI=1S/C39H34O2S2/c1-3-21-39(22-4-2)33-23-27(37-19-17-35(42-37)25-5-11-29(40)12-6-25)9-15-31(33)32-16-10-28(24-34(32)39)38-20-18-36(43-38)26-7-13-30(41)14-8-26/h5-20,23-24,40-41H,3-4,21-22H2,1-2H3. The molecule has 7 rings (SSSR count). The van der Waals surface area contributed by atoms with E-state index in [4.69, 9.17) is 0 Å². The summed E-state index contributed by atoms with van der Waals surface area (Å²) in [6.07, 6.45) is 4.50. The van der Waals surface area contributed by atoms with E-state index >= 15 is 0 Å². The monoisotopic (exact) mass is 598 g/mol. The van der Waals surface area contributed by atoms with Gasteiger partial charge in [0.05, 0.1) is 0 Å².